The number of hydrogen-bond acceptors (Lipinski definition) is 2. The van der Waals surface area contributed by atoms with E-state index >= 15 is 0 Å². The number of carbonyl (C=O) groups excluding carboxylic acids is 1. The summed E-state index contributed by atoms with van der Waals surface area (Å²) in [6.45, 7) is 7.44. The van der Waals surface area contributed by atoms with Gasteiger partial charge in [0.25, 0.3) is 5.91 Å². The topological polar surface area (TPSA) is 46.9 Å². The average Bonchev–Trinajstić information content (AvgIpc) is 2.80. The number of nitrogens with one attached hydrogen (secondary N) is 1. The highest BCUT2D eigenvalue weighted by molar-refractivity contribution is 5.98. The SMILES string of the molecule is C=C(C)Cn1c(-c2ccncc2)cc2c1CCNC2=O. The standard InChI is InChI=1S/C16H17N3O/c1-11(2)10-19-14-5-8-18-16(20)13(14)9-15(19)12-3-6-17-7-4-12/h3-4,6-7,9H,1,5,8,10H2,2H3,(H,18,20). The van der Waals surface area contributed by atoms with Gasteiger partial charge in [0.15, 0.2) is 0 Å². The summed E-state index contributed by atoms with van der Waals surface area (Å²) < 4.78 is 2.20. The van der Waals surface area contributed by atoms with Crippen molar-refractivity contribution >= 4 is 5.91 Å². The van der Waals surface area contributed by atoms with Crippen LogP contribution < -0.4 is 5.32 Å². The first-order valence-electron chi connectivity index (χ1n) is 6.72. The molecular weight excluding hydrogens is 250 g/mol. The maximum Gasteiger partial charge on any atom is 0.253 e. The van der Waals surface area contributed by atoms with Crippen LogP contribution >= 0.6 is 0 Å². The van der Waals surface area contributed by atoms with E-state index in [4.69, 9.17) is 0 Å². The molecule has 0 saturated carbocycles. The van der Waals surface area contributed by atoms with Gasteiger partial charge in [0.2, 0.25) is 0 Å². The van der Waals surface area contributed by atoms with Gasteiger partial charge in [-0.15, -0.1) is 0 Å². The summed E-state index contributed by atoms with van der Waals surface area (Å²) in [4.78, 5) is 16.1. The fraction of sp³-hybridized carbons (Fsp3) is 0.250. The summed E-state index contributed by atoms with van der Waals surface area (Å²) in [6, 6.07) is 5.91. The lowest BCUT2D eigenvalue weighted by atomic mass is 10.1. The lowest BCUT2D eigenvalue weighted by molar-refractivity contribution is 0.0945. The van der Waals surface area contributed by atoms with Gasteiger partial charge in [0, 0.05) is 48.9 Å². The summed E-state index contributed by atoms with van der Waals surface area (Å²) in [5.41, 5.74) is 5.08. The van der Waals surface area contributed by atoms with E-state index in [-0.39, 0.29) is 5.91 Å². The van der Waals surface area contributed by atoms with Crippen LogP contribution in [0.2, 0.25) is 0 Å². The second-order valence-corrected chi connectivity index (χ2v) is 5.17. The Labute approximate surface area is 118 Å². The predicted molar refractivity (Wildman–Crippen MR) is 78.5 cm³/mol. The van der Waals surface area contributed by atoms with E-state index in [2.05, 4.69) is 21.4 Å². The molecular formula is C16H17N3O. The lowest BCUT2D eigenvalue weighted by Gasteiger charge is -2.17. The van der Waals surface area contributed by atoms with Crippen molar-refractivity contribution in [3.05, 3.63) is 54.0 Å². The molecule has 4 nitrogen and oxygen atoms in total. The molecule has 2 aromatic rings. The molecule has 2 aromatic heterocycles. The Balaban J connectivity index is 2.18. The second-order valence-electron chi connectivity index (χ2n) is 5.17. The summed E-state index contributed by atoms with van der Waals surface area (Å²) in [5, 5.41) is 2.90. The molecule has 3 heterocycles. The Morgan fingerprint density at radius 1 is 1.45 bits per heavy atom. The normalized spacial score (nSPS) is 13.8. The third-order valence-corrected chi connectivity index (χ3v) is 3.50. The molecule has 3 rings (SSSR count). The zero-order valence-corrected chi connectivity index (χ0v) is 11.5. The monoisotopic (exact) mass is 267 g/mol. The molecule has 20 heavy (non-hydrogen) atoms. The van der Waals surface area contributed by atoms with E-state index < -0.39 is 0 Å². The molecule has 0 radical (unpaired) electrons. The first-order chi connectivity index (χ1) is 9.66. The average molecular weight is 267 g/mol. The highest BCUT2D eigenvalue weighted by Crippen LogP contribution is 2.28. The Hall–Kier alpha value is -2.36. The van der Waals surface area contributed by atoms with Crippen molar-refractivity contribution in [1.29, 1.82) is 0 Å². The summed E-state index contributed by atoms with van der Waals surface area (Å²) in [6.07, 6.45) is 4.40. The van der Waals surface area contributed by atoms with Gasteiger partial charge in [-0.3, -0.25) is 9.78 Å². The van der Waals surface area contributed by atoms with Gasteiger partial charge in [0.05, 0.1) is 5.56 Å². The van der Waals surface area contributed by atoms with Crippen LogP contribution in [0.3, 0.4) is 0 Å². The molecule has 1 amide bonds. The number of nitrogens with zero attached hydrogens (tertiary/aromatic N) is 2. The molecule has 4 heteroatoms. The number of carbonyl (C=O) groups is 1. The Morgan fingerprint density at radius 3 is 2.90 bits per heavy atom. The lowest BCUT2D eigenvalue weighted by Crippen LogP contribution is -2.32. The Morgan fingerprint density at radius 2 is 2.20 bits per heavy atom. The van der Waals surface area contributed by atoms with Crippen LogP contribution in [-0.4, -0.2) is 22.0 Å². The van der Waals surface area contributed by atoms with Crippen molar-refractivity contribution in [3.8, 4) is 11.3 Å². The van der Waals surface area contributed by atoms with Gasteiger partial charge in [0.1, 0.15) is 0 Å². The van der Waals surface area contributed by atoms with Crippen LogP contribution in [0.15, 0.2) is 42.7 Å². The molecule has 0 saturated heterocycles. The number of fused-ring (bicyclic) bond motifs is 1. The minimum atomic E-state index is 0.0158. The molecule has 0 unspecified atom stereocenters. The first-order valence-corrected chi connectivity index (χ1v) is 6.72. The van der Waals surface area contributed by atoms with Crippen molar-refractivity contribution in [2.24, 2.45) is 0 Å². The molecule has 0 bridgehead atoms. The van der Waals surface area contributed by atoms with E-state index in [9.17, 15) is 4.79 Å². The van der Waals surface area contributed by atoms with Crippen LogP contribution in [0.25, 0.3) is 11.3 Å². The second kappa shape index (κ2) is 4.96. The predicted octanol–water partition coefficient (Wildman–Crippen LogP) is 2.41. The maximum absolute atomic E-state index is 12.0. The van der Waals surface area contributed by atoms with Crippen molar-refractivity contribution in [2.75, 3.05) is 6.54 Å². The third kappa shape index (κ3) is 2.13. The van der Waals surface area contributed by atoms with Gasteiger partial charge in [-0.1, -0.05) is 12.2 Å². The van der Waals surface area contributed by atoms with Gasteiger partial charge in [-0.05, 0) is 25.1 Å². The quantitative estimate of drug-likeness (QED) is 0.868. The number of hydrogen-bond donors (Lipinski definition) is 1. The van der Waals surface area contributed by atoms with Crippen LogP contribution in [0.4, 0.5) is 0 Å². The van der Waals surface area contributed by atoms with Gasteiger partial charge < -0.3 is 9.88 Å². The minimum absolute atomic E-state index is 0.0158. The van der Waals surface area contributed by atoms with E-state index in [0.29, 0.717) is 6.54 Å². The molecule has 1 aliphatic heterocycles. The largest absolute Gasteiger partial charge is 0.352 e. The summed E-state index contributed by atoms with van der Waals surface area (Å²) in [7, 11) is 0. The number of aromatic nitrogens is 2. The minimum Gasteiger partial charge on any atom is -0.352 e. The number of allylic oxidation sites excluding steroid dienone is 1. The van der Waals surface area contributed by atoms with Crippen molar-refractivity contribution in [1.82, 2.24) is 14.9 Å². The van der Waals surface area contributed by atoms with E-state index in [1.54, 1.807) is 12.4 Å². The zero-order valence-electron chi connectivity index (χ0n) is 11.5. The molecule has 0 aliphatic carbocycles. The number of rotatable bonds is 3. The molecule has 0 aromatic carbocycles. The van der Waals surface area contributed by atoms with Crippen LogP contribution in [-0.2, 0) is 13.0 Å². The highest BCUT2D eigenvalue weighted by Gasteiger charge is 2.24. The van der Waals surface area contributed by atoms with Gasteiger partial charge in [-0.25, -0.2) is 0 Å². The molecule has 0 fully saturated rings. The zero-order chi connectivity index (χ0) is 14.1. The fourth-order valence-corrected chi connectivity index (χ4v) is 2.66. The molecule has 0 atom stereocenters. The van der Waals surface area contributed by atoms with Gasteiger partial charge >= 0.3 is 0 Å². The molecule has 1 aliphatic rings. The van der Waals surface area contributed by atoms with Crippen molar-refractivity contribution in [3.63, 3.8) is 0 Å². The fourth-order valence-electron chi connectivity index (χ4n) is 2.66. The first kappa shape index (κ1) is 12.7. The van der Waals surface area contributed by atoms with Crippen LogP contribution in [0.1, 0.15) is 23.0 Å². The van der Waals surface area contributed by atoms with Crippen LogP contribution in [0, 0.1) is 0 Å². The molecule has 102 valence electrons. The van der Waals surface area contributed by atoms with Gasteiger partial charge in [-0.2, -0.15) is 0 Å². The number of amides is 1. The third-order valence-electron chi connectivity index (χ3n) is 3.50. The van der Waals surface area contributed by atoms with E-state index in [1.165, 1.54) is 0 Å². The smallest absolute Gasteiger partial charge is 0.253 e. The van der Waals surface area contributed by atoms with Crippen molar-refractivity contribution < 1.29 is 4.79 Å². The van der Waals surface area contributed by atoms with Crippen LogP contribution in [0.5, 0.6) is 0 Å². The highest BCUT2D eigenvalue weighted by atomic mass is 16.1. The molecule has 1 N–H and O–H groups in total. The summed E-state index contributed by atoms with van der Waals surface area (Å²) >= 11 is 0. The number of pyridine rings is 1. The maximum atomic E-state index is 12.0. The van der Waals surface area contributed by atoms with E-state index in [1.807, 2.05) is 25.1 Å². The molecule has 0 spiro atoms. The Bertz CT molecular complexity index is 671. The Kier molecular flexibility index (Phi) is 3.14. The van der Waals surface area contributed by atoms with E-state index in [0.717, 1.165) is 41.1 Å². The summed E-state index contributed by atoms with van der Waals surface area (Å²) in [5.74, 6) is 0.0158. The van der Waals surface area contributed by atoms with Crippen molar-refractivity contribution in [2.45, 2.75) is 19.9 Å².